The van der Waals surface area contributed by atoms with Crippen LogP contribution in [0.1, 0.15) is 23.6 Å². The maximum atomic E-state index is 9.61. The average Bonchev–Trinajstić information content (AvgIpc) is 3.07. The molecule has 3 aromatic carbocycles. The van der Waals surface area contributed by atoms with Crippen LogP contribution >= 0.6 is 0 Å². The molecule has 0 aliphatic heterocycles. The second-order valence-electron chi connectivity index (χ2n) is 7.91. The van der Waals surface area contributed by atoms with Crippen molar-refractivity contribution < 1.29 is 23.2 Å². The van der Waals surface area contributed by atoms with Crippen LogP contribution < -0.4 is 5.32 Å². The van der Waals surface area contributed by atoms with E-state index >= 15 is 0 Å². The lowest BCUT2D eigenvalue weighted by Crippen LogP contribution is -2.48. The Morgan fingerprint density at radius 2 is 1.60 bits per heavy atom. The number of hydrogen-bond acceptors (Lipinski definition) is 5. The summed E-state index contributed by atoms with van der Waals surface area (Å²) >= 11 is 0. The summed E-state index contributed by atoms with van der Waals surface area (Å²) in [4.78, 5) is 0. The van der Waals surface area contributed by atoms with Crippen molar-refractivity contribution in [2.24, 2.45) is 0 Å². The van der Waals surface area contributed by atoms with Crippen molar-refractivity contribution in [1.82, 2.24) is 5.32 Å². The zero-order valence-electron chi connectivity index (χ0n) is 17.1. The summed E-state index contributed by atoms with van der Waals surface area (Å²) in [5, 5.41) is 25.0. The number of fused-ring (bicyclic) bond motifs is 4. The molecule has 0 aromatic heterocycles. The molecule has 160 valence electrons. The van der Waals surface area contributed by atoms with E-state index in [1.165, 1.54) is 38.6 Å². The number of benzene rings is 3. The zero-order valence-corrected chi connectivity index (χ0v) is 17.9. The van der Waals surface area contributed by atoms with Gasteiger partial charge in [-0.25, -0.2) is 0 Å². The summed E-state index contributed by atoms with van der Waals surface area (Å²) in [5.74, 6) is 0. The van der Waals surface area contributed by atoms with E-state index in [2.05, 4.69) is 59.9 Å². The van der Waals surface area contributed by atoms with Crippen molar-refractivity contribution >= 4 is 20.9 Å². The summed E-state index contributed by atoms with van der Waals surface area (Å²) in [6, 6.07) is 19.3. The highest BCUT2D eigenvalue weighted by molar-refractivity contribution is 7.85. The predicted molar refractivity (Wildman–Crippen MR) is 119 cm³/mol. The van der Waals surface area contributed by atoms with Gasteiger partial charge in [0.15, 0.2) is 0 Å². The monoisotopic (exact) mass is 429 g/mol. The highest BCUT2D eigenvalue weighted by Crippen LogP contribution is 2.42. The fourth-order valence-electron chi connectivity index (χ4n) is 3.73. The van der Waals surface area contributed by atoms with Gasteiger partial charge >= 0.3 is 0 Å². The van der Waals surface area contributed by atoms with Crippen molar-refractivity contribution in [1.29, 1.82) is 0 Å². The van der Waals surface area contributed by atoms with Gasteiger partial charge in [-0.1, -0.05) is 54.6 Å². The molecule has 6 nitrogen and oxygen atoms in total. The molecule has 0 radical (unpaired) electrons. The van der Waals surface area contributed by atoms with Crippen molar-refractivity contribution in [2.45, 2.75) is 25.4 Å². The van der Waals surface area contributed by atoms with Crippen LogP contribution in [-0.2, 0) is 23.1 Å². The lowest BCUT2D eigenvalue weighted by Gasteiger charge is -2.27. The van der Waals surface area contributed by atoms with Gasteiger partial charge in [-0.15, -0.1) is 0 Å². The largest absolute Gasteiger partial charge is 0.394 e. The highest BCUT2D eigenvalue weighted by Gasteiger charge is 2.26. The van der Waals surface area contributed by atoms with E-state index in [-0.39, 0.29) is 13.2 Å². The lowest BCUT2D eigenvalue weighted by atomic mass is 9.92. The normalized spacial score (nSPS) is 12.8. The molecule has 0 amide bonds. The summed E-state index contributed by atoms with van der Waals surface area (Å²) in [6.45, 7) is 2.24. The summed E-state index contributed by atoms with van der Waals surface area (Å²) in [5.41, 5.74) is 5.87. The van der Waals surface area contributed by atoms with Gasteiger partial charge in [-0.05, 0) is 51.9 Å². The Balaban J connectivity index is 0.000000461. The topological polar surface area (TPSA) is 107 Å². The molecule has 30 heavy (non-hydrogen) atoms. The molecule has 7 heteroatoms. The first-order chi connectivity index (χ1) is 14.1. The van der Waals surface area contributed by atoms with E-state index in [4.69, 9.17) is 4.55 Å². The molecule has 0 unspecified atom stereocenters. The van der Waals surface area contributed by atoms with Gasteiger partial charge < -0.3 is 15.5 Å². The summed E-state index contributed by atoms with van der Waals surface area (Å²) in [6.07, 6.45) is 1.67. The smallest absolute Gasteiger partial charge is 0.261 e. The zero-order chi connectivity index (χ0) is 21.9. The van der Waals surface area contributed by atoms with Gasteiger partial charge in [-0.2, -0.15) is 8.42 Å². The van der Waals surface area contributed by atoms with E-state index in [1.807, 2.05) is 6.92 Å². The quantitative estimate of drug-likeness (QED) is 0.364. The molecule has 1 aliphatic carbocycles. The minimum atomic E-state index is -3.67. The Morgan fingerprint density at radius 3 is 2.27 bits per heavy atom. The Labute approximate surface area is 176 Å². The predicted octanol–water partition coefficient (Wildman–Crippen LogP) is 2.75. The second kappa shape index (κ2) is 8.83. The third kappa shape index (κ3) is 5.06. The number of hydrogen-bond donors (Lipinski definition) is 4. The first-order valence-electron chi connectivity index (χ1n) is 9.66. The standard InChI is InChI=1S/C22H23NO2.CH4O3S/c1-22(13-24,14-25)23-12-20-18-8-4-2-6-15(18)10-17-11-16-7-3-5-9-19(16)21(17)20;1-5(2,3)4/h2-10,23-25H,11-14H2,1H3;1H3,(H,2,3,4). The molecule has 0 spiro atoms. The van der Waals surface area contributed by atoms with Crippen LogP contribution in [0, 0.1) is 0 Å². The maximum Gasteiger partial charge on any atom is 0.261 e. The Hall–Kier alpha value is -2.29. The molecule has 0 heterocycles. The van der Waals surface area contributed by atoms with Crippen LogP contribution in [0.4, 0.5) is 0 Å². The van der Waals surface area contributed by atoms with Crippen LogP contribution in [0.5, 0.6) is 0 Å². The molecule has 0 saturated heterocycles. The fourth-order valence-corrected chi connectivity index (χ4v) is 3.73. The Bertz CT molecular complexity index is 1150. The maximum absolute atomic E-state index is 9.61. The molecular formula is C23H27NO5S. The van der Waals surface area contributed by atoms with Crippen molar-refractivity contribution in [2.75, 3.05) is 19.5 Å². The van der Waals surface area contributed by atoms with E-state index in [0.29, 0.717) is 12.8 Å². The third-order valence-electron chi connectivity index (χ3n) is 5.30. The van der Waals surface area contributed by atoms with Crippen molar-refractivity contribution in [3.05, 3.63) is 71.3 Å². The van der Waals surface area contributed by atoms with Gasteiger partial charge in [0.1, 0.15) is 0 Å². The van der Waals surface area contributed by atoms with Crippen LogP contribution in [0.3, 0.4) is 0 Å². The van der Waals surface area contributed by atoms with Gasteiger partial charge in [0.25, 0.3) is 10.1 Å². The van der Waals surface area contributed by atoms with Crippen LogP contribution in [-0.4, -0.2) is 48.2 Å². The SMILES string of the molecule is CC(CO)(CO)NCc1c2c(cc3ccccc13)Cc1ccccc1-2.CS(=O)(=O)O. The van der Waals surface area contributed by atoms with Crippen LogP contribution in [0.2, 0.25) is 0 Å². The number of aliphatic hydroxyl groups excluding tert-OH is 2. The minimum Gasteiger partial charge on any atom is -0.394 e. The van der Waals surface area contributed by atoms with E-state index in [1.54, 1.807) is 0 Å². The van der Waals surface area contributed by atoms with Gasteiger partial charge in [-0.3, -0.25) is 4.55 Å². The molecule has 0 saturated carbocycles. The molecule has 4 N–H and O–H groups in total. The summed E-state index contributed by atoms with van der Waals surface area (Å²) < 4.78 is 25.9. The Morgan fingerprint density at radius 1 is 1.00 bits per heavy atom. The fraction of sp³-hybridized carbons (Fsp3) is 0.304. The number of aliphatic hydroxyl groups is 2. The highest BCUT2D eigenvalue weighted by atomic mass is 32.2. The van der Waals surface area contributed by atoms with Gasteiger partial charge in [0, 0.05) is 6.54 Å². The third-order valence-corrected chi connectivity index (χ3v) is 5.30. The van der Waals surface area contributed by atoms with Crippen LogP contribution in [0.15, 0.2) is 54.6 Å². The number of rotatable bonds is 5. The lowest BCUT2D eigenvalue weighted by molar-refractivity contribution is 0.103. The van der Waals surface area contributed by atoms with E-state index in [0.717, 1.165) is 6.42 Å². The Kier molecular flexibility index (Phi) is 6.59. The molecule has 1 aliphatic rings. The van der Waals surface area contributed by atoms with Crippen molar-refractivity contribution in [3.8, 4) is 11.1 Å². The van der Waals surface area contributed by atoms with Gasteiger partial charge in [0.2, 0.25) is 0 Å². The molecule has 0 fully saturated rings. The minimum absolute atomic E-state index is 0.104. The van der Waals surface area contributed by atoms with E-state index < -0.39 is 15.7 Å². The molecule has 3 aromatic rings. The molecular weight excluding hydrogens is 402 g/mol. The summed E-state index contributed by atoms with van der Waals surface area (Å²) in [7, 11) is -3.67. The number of nitrogens with one attached hydrogen (secondary N) is 1. The first-order valence-corrected chi connectivity index (χ1v) is 11.5. The van der Waals surface area contributed by atoms with Crippen molar-refractivity contribution in [3.63, 3.8) is 0 Å². The first kappa shape index (κ1) is 22.4. The molecule has 4 rings (SSSR count). The second-order valence-corrected chi connectivity index (χ2v) is 9.37. The van der Waals surface area contributed by atoms with Crippen LogP contribution in [0.25, 0.3) is 21.9 Å². The van der Waals surface area contributed by atoms with E-state index in [9.17, 15) is 18.6 Å². The molecule has 0 atom stereocenters. The molecule has 0 bridgehead atoms. The van der Waals surface area contributed by atoms with Gasteiger partial charge in [0.05, 0.1) is 25.0 Å². The average molecular weight is 430 g/mol.